The Balaban J connectivity index is -0.000000720. The van der Waals surface area contributed by atoms with Crippen molar-refractivity contribution < 1.29 is 51.9 Å². The van der Waals surface area contributed by atoms with Crippen LogP contribution in [0.3, 0.4) is 0 Å². The molecule has 0 bridgehead atoms. The van der Waals surface area contributed by atoms with Crippen molar-refractivity contribution in [3.05, 3.63) is 0 Å². The first kappa shape index (κ1) is 20.0. The van der Waals surface area contributed by atoms with Crippen LogP contribution in [-0.4, -0.2) is 62.8 Å². The molecule has 0 fully saturated rings. The Hall–Kier alpha value is -0.513. The van der Waals surface area contributed by atoms with Gasteiger partial charge in [0.2, 0.25) is 0 Å². The number of aliphatic carboxylic acids is 3. The first-order valence-electron chi connectivity index (χ1n) is 3.17. The average Bonchev–Trinajstić information content (AvgIpc) is 1.82. The molecule has 0 saturated carbocycles. The van der Waals surface area contributed by atoms with Crippen LogP contribution in [-0.2, 0) is 31.5 Å². The Morgan fingerprint density at radius 1 is 0.933 bits per heavy atom. The van der Waals surface area contributed by atoms with Gasteiger partial charge in [-0.3, -0.25) is 9.59 Å². The fourth-order valence-electron chi connectivity index (χ4n) is 0.714. The van der Waals surface area contributed by atoms with E-state index in [1.54, 1.807) is 0 Å². The van der Waals surface area contributed by atoms with Crippen molar-refractivity contribution in [2.75, 3.05) is 0 Å². The van der Waals surface area contributed by atoms with Gasteiger partial charge in [0.15, 0.2) is 5.60 Å². The summed E-state index contributed by atoms with van der Waals surface area (Å²) in [5.41, 5.74) is -2.74. The molecule has 0 heterocycles. The number of carbonyl (C=O) groups is 3. The second-order valence-electron chi connectivity index (χ2n) is 2.48. The van der Waals surface area contributed by atoms with Gasteiger partial charge in [-0.05, 0) is 0 Å². The monoisotopic (exact) mass is 256 g/mol. The number of aliphatic hydroxyl groups is 1. The zero-order chi connectivity index (χ0) is 10.6. The predicted octanol–water partition coefficient (Wildman–Crippen LogP) is -1.90. The third-order valence-corrected chi connectivity index (χ3v) is 1.29. The maximum absolute atomic E-state index is 10.3. The van der Waals surface area contributed by atoms with E-state index in [9.17, 15) is 14.4 Å². The van der Waals surface area contributed by atoms with E-state index < -0.39 is 36.4 Å². The predicted molar refractivity (Wildman–Crippen MR) is 44.2 cm³/mol. The number of hydrogen-bond acceptors (Lipinski definition) is 4. The molecule has 0 aromatic carbocycles. The molecular formula is C6H9FeLiO7. The summed E-state index contributed by atoms with van der Waals surface area (Å²) >= 11 is 0. The molecule has 0 amide bonds. The Bertz CT molecular complexity index is 238. The molecule has 0 aliphatic heterocycles. The molecule has 0 atom stereocenters. The van der Waals surface area contributed by atoms with Gasteiger partial charge in [0, 0.05) is 17.1 Å². The molecule has 0 spiro atoms. The minimum absolute atomic E-state index is 0. The van der Waals surface area contributed by atoms with E-state index in [-0.39, 0.29) is 35.9 Å². The van der Waals surface area contributed by atoms with Crippen LogP contribution in [0.1, 0.15) is 12.8 Å². The Morgan fingerprint density at radius 3 is 1.33 bits per heavy atom. The first-order valence-corrected chi connectivity index (χ1v) is 3.17. The van der Waals surface area contributed by atoms with E-state index in [0.29, 0.717) is 0 Å². The van der Waals surface area contributed by atoms with Gasteiger partial charge in [-0.25, -0.2) is 4.79 Å². The van der Waals surface area contributed by atoms with Gasteiger partial charge < -0.3 is 20.4 Å². The Kier molecular flexibility index (Phi) is 10.3. The fourth-order valence-corrected chi connectivity index (χ4v) is 0.714. The van der Waals surface area contributed by atoms with Gasteiger partial charge in [0.1, 0.15) is 0 Å². The molecular weight excluding hydrogens is 247 g/mol. The third-order valence-electron chi connectivity index (χ3n) is 1.29. The van der Waals surface area contributed by atoms with Gasteiger partial charge in [-0.1, -0.05) is 0 Å². The van der Waals surface area contributed by atoms with Crippen molar-refractivity contribution >= 4 is 36.8 Å². The summed E-state index contributed by atoms with van der Waals surface area (Å²) < 4.78 is 0. The van der Waals surface area contributed by atoms with Gasteiger partial charge in [0.05, 0.1) is 12.8 Å². The summed E-state index contributed by atoms with van der Waals surface area (Å²) in [5.74, 6) is -5.02. The molecule has 0 aliphatic carbocycles. The van der Waals surface area contributed by atoms with Crippen LogP contribution in [0.15, 0.2) is 0 Å². The summed E-state index contributed by atoms with van der Waals surface area (Å²) in [6, 6.07) is 0. The van der Waals surface area contributed by atoms with E-state index in [1.807, 2.05) is 0 Å². The van der Waals surface area contributed by atoms with Gasteiger partial charge in [0.25, 0.3) is 0 Å². The van der Waals surface area contributed by atoms with Crippen LogP contribution < -0.4 is 0 Å². The van der Waals surface area contributed by atoms with Crippen molar-refractivity contribution in [3.63, 3.8) is 0 Å². The fraction of sp³-hybridized carbons (Fsp3) is 0.500. The van der Waals surface area contributed by atoms with Crippen LogP contribution >= 0.6 is 0 Å². The van der Waals surface area contributed by atoms with Crippen LogP contribution in [0.5, 0.6) is 0 Å². The van der Waals surface area contributed by atoms with Gasteiger partial charge in [-0.2, -0.15) is 0 Å². The second-order valence-corrected chi connectivity index (χ2v) is 2.48. The van der Waals surface area contributed by atoms with Crippen LogP contribution in [0.25, 0.3) is 0 Å². The van der Waals surface area contributed by atoms with E-state index in [0.717, 1.165) is 0 Å². The molecule has 7 nitrogen and oxygen atoms in total. The molecule has 84 valence electrons. The van der Waals surface area contributed by atoms with Crippen LogP contribution in [0.4, 0.5) is 0 Å². The third kappa shape index (κ3) is 7.42. The van der Waals surface area contributed by atoms with Crippen molar-refractivity contribution in [1.82, 2.24) is 0 Å². The van der Waals surface area contributed by atoms with Crippen molar-refractivity contribution in [2.24, 2.45) is 0 Å². The molecule has 9 heteroatoms. The van der Waals surface area contributed by atoms with Gasteiger partial charge in [-0.15, -0.1) is 0 Å². The normalized spacial score (nSPS) is 9.40. The molecule has 0 saturated heterocycles. The van der Waals surface area contributed by atoms with Crippen molar-refractivity contribution in [1.29, 1.82) is 0 Å². The second kappa shape index (κ2) is 7.74. The van der Waals surface area contributed by atoms with Gasteiger partial charge >= 0.3 is 36.8 Å². The maximum atomic E-state index is 10.3. The zero-order valence-electron chi connectivity index (χ0n) is 6.78. The number of rotatable bonds is 5. The molecule has 0 radical (unpaired) electrons. The SMILES string of the molecule is O=C(O)CC(O)(CC(=O)O)C(=O)O.[Fe].[LiH]. The van der Waals surface area contributed by atoms with E-state index >= 15 is 0 Å². The summed E-state index contributed by atoms with van der Waals surface area (Å²) in [6.45, 7) is 0. The number of hydrogen-bond donors (Lipinski definition) is 4. The minimum atomic E-state index is -2.74. The Labute approximate surface area is 107 Å². The van der Waals surface area contributed by atoms with Crippen LogP contribution in [0.2, 0.25) is 0 Å². The molecule has 15 heavy (non-hydrogen) atoms. The zero-order valence-corrected chi connectivity index (χ0v) is 7.89. The summed E-state index contributed by atoms with van der Waals surface area (Å²) in [5, 5.41) is 33.8. The quantitative estimate of drug-likeness (QED) is 0.422. The number of carboxylic acid groups (broad SMARTS) is 3. The van der Waals surface area contributed by atoms with E-state index in [1.165, 1.54) is 0 Å². The Morgan fingerprint density at radius 2 is 1.20 bits per heavy atom. The molecule has 0 aromatic rings. The van der Waals surface area contributed by atoms with Crippen molar-refractivity contribution in [3.8, 4) is 0 Å². The summed E-state index contributed by atoms with van der Waals surface area (Å²) in [4.78, 5) is 30.5. The summed E-state index contributed by atoms with van der Waals surface area (Å²) in [6.07, 6.45) is -2.29. The standard InChI is InChI=1S/C6H8O7.Fe.Li.H/c7-3(8)1-6(13,5(11)12)2-4(9)10;;;/h13H,1-2H2,(H,7,8)(H,9,10)(H,11,12);;;. The topological polar surface area (TPSA) is 132 Å². The van der Waals surface area contributed by atoms with Crippen LogP contribution in [0, 0.1) is 0 Å². The van der Waals surface area contributed by atoms with E-state index in [4.69, 9.17) is 20.4 Å². The molecule has 0 aliphatic rings. The van der Waals surface area contributed by atoms with Crippen molar-refractivity contribution in [2.45, 2.75) is 18.4 Å². The van der Waals surface area contributed by atoms with E-state index in [2.05, 4.69) is 0 Å². The molecule has 0 rings (SSSR count). The molecule has 0 unspecified atom stereocenters. The summed E-state index contributed by atoms with van der Waals surface area (Å²) in [7, 11) is 0. The molecule has 0 aromatic heterocycles. The number of carboxylic acids is 3. The molecule has 4 N–H and O–H groups in total. The first-order chi connectivity index (χ1) is 5.78. The average molecular weight is 256 g/mol.